The third kappa shape index (κ3) is 2.27. The third-order valence-corrected chi connectivity index (χ3v) is 2.09. The number of aliphatic carboxylic acids is 1. The highest BCUT2D eigenvalue weighted by atomic mass is 19.2. The largest absolute Gasteiger partial charge is 0.481 e. The average Bonchev–Trinajstić information content (AvgIpc) is 2.23. The highest BCUT2D eigenvalue weighted by molar-refractivity contribution is 6.06. The van der Waals surface area contributed by atoms with Crippen LogP contribution >= 0.6 is 0 Å². The molecule has 0 radical (unpaired) electrons. The summed E-state index contributed by atoms with van der Waals surface area (Å²) < 4.78 is 51.8. The van der Waals surface area contributed by atoms with Gasteiger partial charge in [-0.05, 0) is 6.92 Å². The second-order valence-corrected chi connectivity index (χ2v) is 3.25. The Morgan fingerprint density at radius 2 is 1.47 bits per heavy atom. The van der Waals surface area contributed by atoms with Gasteiger partial charge in [-0.3, -0.25) is 9.59 Å². The highest BCUT2D eigenvalue weighted by Gasteiger charge is 2.27. The summed E-state index contributed by atoms with van der Waals surface area (Å²) >= 11 is 0. The number of carbonyl (C=O) groups is 2. The van der Waals surface area contributed by atoms with Crippen molar-refractivity contribution >= 4 is 11.8 Å². The Balaban J connectivity index is 3.44. The minimum atomic E-state index is -2.14. The zero-order chi connectivity index (χ0) is 13.3. The summed E-state index contributed by atoms with van der Waals surface area (Å²) in [6, 6.07) is 0. The maximum absolute atomic E-state index is 13.2. The number of carboxylic acid groups (broad SMARTS) is 1. The maximum Gasteiger partial charge on any atom is 0.311 e. The molecule has 0 unspecified atom stereocenters. The van der Waals surface area contributed by atoms with Crippen LogP contribution in [-0.2, 0) is 4.79 Å². The van der Waals surface area contributed by atoms with E-state index in [-0.39, 0.29) is 0 Å². The van der Waals surface area contributed by atoms with Gasteiger partial charge < -0.3 is 5.11 Å². The number of Topliss-reactive ketones (excluding diaryl/α,β-unsaturated/α-hetero) is 1. The van der Waals surface area contributed by atoms with E-state index in [4.69, 9.17) is 5.11 Å². The number of hydrogen-bond acceptors (Lipinski definition) is 2. The minimum absolute atomic E-state index is 0.757. The topological polar surface area (TPSA) is 54.4 Å². The van der Waals surface area contributed by atoms with E-state index in [1.54, 1.807) is 0 Å². The standard InChI is InChI=1S/C10H6F4O3/c1-3-6(4(15)2-5(16)17)8(12)10(14)9(13)7(3)11/h2H2,1H3,(H,16,17). The first-order valence-electron chi connectivity index (χ1n) is 4.34. The van der Waals surface area contributed by atoms with Crippen LogP contribution in [-0.4, -0.2) is 16.9 Å². The fourth-order valence-electron chi connectivity index (χ4n) is 1.30. The van der Waals surface area contributed by atoms with Gasteiger partial charge in [-0.2, -0.15) is 0 Å². The van der Waals surface area contributed by atoms with Crippen molar-refractivity contribution < 1.29 is 32.3 Å². The summed E-state index contributed by atoms with van der Waals surface area (Å²) in [5, 5.41) is 8.32. The van der Waals surface area contributed by atoms with E-state index in [0.29, 0.717) is 0 Å². The van der Waals surface area contributed by atoms with Gasteiger partial charge in [-0.1, -0.05) is 0 Å². The monoisotopic (exact) mass is 250 g/mol. The predicted molar refractivity (Wildman–Crippen MR) is 47.6 cm³/mol. The van der Waals surface area contributed by atoms with E-state index in [2.05, 4.69) is 0 Å². The molecule has 0 saturated carbocycles. The first kappa shape index (κ1) is 13.1. The molecule has 1 N–H and O–H groups in total. The number of ketones is 1. The number of benzene rings is 1. The molecule has 17 heavy (non-hydrogen) atoms. The quantitative estimate of drug-likeness (QED) is 0.294. The molecule has 7 heteroatoms. The molecule has 0 aliphatic heterocycles. The van der Waals surface area contributed by atoms with Gasteiger partial charge in [0.1, 0.15) is 6.42 Å². The van der Waals surface area contributed by atoms with Crippen LogP contribution in [0.2, 0.25) is 0 Å². The first-order chi connectivity index (χ1) is 7.77. The van der Waals surface area contributed by atoms with Gasteiger partial charge in [-0.25, -0.2) is 17.6 Å². The van der Waals surface area contributed by atoms with Crippen LogP contribution in [0.3, 0.4) is 0 Å². The van der Waals surface area contributed by atoms with E-state index in [1.165, 1.54) is 0 Å². The van der Waals surface area contributed by atoms with Gasteiger partial charge >= 0.3 is 5.97 Å². The second-order valence-electron chi connectivity index (χ2n) is 3.25. The normalized spacial score (nSPS) is 10.4. The lowest BCUT2D eigenvalue weighted by atomic mass is 10.0. The van der Waals surface area contributed by atoms with Crippen molar-refractivity contribution in [2.45, 2.75) is 13.3 Å². The molecule has 1 aromatic rings. The van der Waals surface area contributed by atoms with Crippen LogP contribution in [0.1, 0.15) is 22.3 Å². The SMILES string of the molecule is Cc1c(F)c(F)c(F)c(F)c1C(=O)CC(=O)O. The molecular weight excluding hydrogens is 244 g/mol. The molecule has 0 aliphatic carbocycles. The Labute approximate surface area is 92.7 Å². The number of hydrogen-bond donors (Lipinski definition) is 1. The summed E-state index contributed by atoms with van der Waals surface area (Å²) in [7, 11) is 0. The third-order valence-electron chi connectivity index (χ3n) is 2.09. The number of halogens is 4. The molecule has 0 atom stereocenters. The Hall–Kier alpha value is -1.92. The highest BCUT2D eigenvalue weighted by Crippen LogP contribution is 2.24. The van der Waals surface area contributed by atoms with Crippen LogP contribution in [0.25, 0.3) is 0 Å². The smallest absolute Gasteiger partial charge is 0.311 e. The summed E-state index contributed by atoms with van der Waals surface area (Å²) in [5.41, 5.74) is -1.84. The Bertz CT molecular complexity index is 482. The summed E-state index contributed by atoms with van der Waals surface area (Å²) in [6.07, 6.45) is -1.14. The molecule has 92 valence electrons. The molecule has 3 nitrogen and oxygen atoms in total. The van der Waals surface area contributed by atoms with Crippen molar-refractivity contribution in [2.24, 2.45) is 0 Å². The molecular formula is C10H6F4O3. The molecule has 0 aliphatic rings. The lowest BCUT2D eigenvalue weighted by Crippen LogP contribution is -2.14. The van der Waals surface area contributed by atoms with Gasteiger partial charge in [0, 0.05) is 5.56 Å². The maximum atomic E-state index is 13.2. The Kier molecular flexibility index (Phi) is 3.50. The number of rotatable bonds is 3. The van der Waals surface area contributed by atoms with Crippen molar-refractivity contribution in [1.29, 1.82) is 0 Å². The fraction of sp³-hybridized carbons (Fsp3) is 0.200. The van der Waals surface area contributed by atoms with Gasteiger partial charge in [-0.15, -0.1) is 0 Å². The van der Waals surface area contributed by atoms with E-state index in [9.17, 15) is 27.2 Å². The molecule has 0 fully saturated rings. The first-order valence-corrected chi connectivity index (χ1v) is 4.34. The molecule has 1 rings (SSSR count). The minimum Gasteiger partial charge on any atom is -0.481 e. The van der Waals surface area contributed by atoms with Gasteiger partial charge in [0.2, 0.25) is 0 Å². The molecule has 0 aromatic heterocycles. The van der Waals surface area contributed by atoms with E-state index >= 15 is 0 Å². The molecule has 1 aromatic carbocycles. The Morgan fingerprint density at radius 1 is 1.00 bits per heavy atom. The molecule has 0 bridgehead atoms. The van der Waals surface area contributed by atoms with E-state index in [0.717, 1.165) is 6.92 Å². The van der Waals surface area contributed by atoms with Crippen LogP contribution in [0.4, 0.5) is 17.6 Å². The van der Waals surface area contributed by atoms with Crippen LogP contribution < -0.4 is 0 Å². The van der Waals surface area contributed by atoms with Crippen molar-refractivity contribution in [1.82, 2.24) is 0 Å². The molecule has 0 spiro atoms. The second kappa shape index (κ2) is 4.52. The number of carboxylic acids is 1. The van der Waals surface area contributed by atoms with Crippen molar-refractivity contribution in [3.05, 3.63) is 34.4 Å². The molecule has 0 saturated heterocycles. The van der Waals surface area contributed by atoms with Gasteiger partial charge in [0.25, 0.3) is 0 Å². The zero-order valence-electron chi connectivity index (χ0n) is 8.48. The Morgan fingerprint density at radius 3 is 1.94 bits per heavy atom. The van der Waals surface area contributed by atoms with Crippen molar-refractivity contribution in [3.63, 3.8) is 0 Å². The predicted octanol–water partition coefficient (Wildman–Crippen LogP) is 2.21. The lowest BCUT2D eigenvalue weighted by Gasteiger charge is -2.08. The number of carbonyl (C=O) groups excluding carboxylic acids is 1. The molecule has 0 amide bonds. The summed E-state index contributed by atoms with van der Waals surface area (Å²) in [6.45, 7) is 0.857. The van der Waals surface area contributed by atoms with Gasteiger partial charge in [0.15, 0.2) is 29.1 Å². The van der Waals surface area contributed by atoms with Crippen LogP contribution in [0.5, 0.6) is 0 Å². The zero-order valence-corrected chi connectivity index (χ0v) is 8.48. The summed E-state index contributed by atoms with van der Waals surface area (Å²) in [4.78, 5) is 21.5. The van der Waals surface area contributed by atoms with E-state index in [1.807, 2.05) is 0 Å². The van der Waals surface area contributed by atoms with Crippen LogP contribution in [0.15, 0.2) is 0 Å². The summed E-state index contributed by atoms with van der Waals surface area (Å²) in [5.74, 6) is -10.7. The van der Waals surface area contributed by atoms with Crippen molar-refractivity contribution in [2.75, 3.05) is 0 Å². The van der Waals surface area contributed by atoms with Crippen LogP contribution in [0, 0.1) is 30.2 Å². The van der Waals surface area contributed by atoms with E-state index < -0.39 is 52.6 Å². The lowest BCUT2D eigenvalue weighted by molar-refractivity contribution is -0.135. The van der Waals surface area contributed by atoms with Crippen molar-refractivity contribution in [3.8, 4) is 0 Å². The average molecular weight is 250 g/mol. The van der Waals surface area contributed by atoms with Gasteiger partial charge in [0.05, 0.1) is 5.56 Å². The molecule has 0 heterocycles. The fourth-order valence-corrected chi connectivity index (χ4v) is 1.30.